The molecule has 2 aromatic heterocycles. The summed E-state index contributed by atoms with van der Waals surface area (Å²) in [6.45, 7) is 0.631. The molecule has 0 unspecified atom stereocenters. The number of anilines is 1. The van der Waals surface area contributed by atoms with Crippen LogP contribution in [0.1, 0.15) is 40.5 Å². The molecular weight excluding hydrogens is 385 g/mol. The maximum atomic E-state index is 13.1. The Balaban J connectivity index is 1.92. The molecule has 144 valence electrons. The predicted molar refractivity (Wildman–Crippen MR) is 91.8 cm³/mol. The molecular formula is C17H16ClF3N4O2. The molecule has 1 fully saturated rings. The number of pyridine rings is 2. The van der Waals surface area contributed by atoms with Gasteiger partial charge in [0.2, 0.25) is 0 Å². The second-order valence-electron chi connectivity index (χ2n) is 6.18. The Morgan fingerprint density at radius 3 is 2.59 bits per heavy atom. The van der Waals surface area contributed by atoms with Crippen molar-refractivity contribution >= 4 is 23.2 Å². The van der Waals surface area contributed by atoms with E-state index in [0.717, 1.165) is 11.1 Å². The Labute approximate surface area is 157 Å². The van der Waals surface area contributed by atoms with E-state index in [-0.39, 0.29) is 28.0 Å². The Kier molecular flexibility index (Phi) is 5.64. The molecule has 0 aliphatic carbocycles. The van der Waals surface area contributed by atoms with Crippen molar-refractivity contribution in [2.75, 3.05) is 18.4 Å². The highest BCUT2D eigenvalue weighted by Gasteiger charge is 2.34. The zero-order valence-corrected chi connectivity index (χ0v) is 14.8. The summed E-state index contributed by atoms with van der Waals surface area (Å²) >= 11 is 5.77. The molecule has 1 amide bonds. The maximum Gasteiger partial charge on any atom is 0.433 e. The second kappa shape index (κ2) is 7.79. The highest BCUT2D eigenvalue weighted by molar-refractivity contribution is 6.29. The van der Waals surface area contributed by atoms with Crippen molar-refractivity contribution in [2.24, 2.45) is 0 Å². The van der Waals surface area contributed by atoms with Crippen LogP contribution in [-0.2, 0) is 6.18 Å². The van der Waals surface area contributed by atoms with Gasteiger partial charge >= 0.3 is 6.18 Å². The fraction of sp³-hybridized carbons (Fsp3) is 0.353. The molecule has 2 aromatic rings. The summed E-state index contributed by atoms with van der Waals surface area (Å²) in [5.74, 6) is -0.839. The summed E-state index contributed by atoms with van der Waals surface area (Å²) in [7, 11) is 0. The van der Waals surface area contributed by atoms with E-state index in [2.05, 4.69) is 15.3 Å². The lowest BCUT2D eigenvalue weighted by Gasteiger charge is -2.28. The molecule has 0 aromatic carbocycles. The molecule has 27 heavy (non-hydrogen) atoms. The van der Waals surface area contributed by atoms with Gasteiger partial charge in [-0.25, -0.2) is 9.97 Å². The first-order valence-corrected chi connectivity index (χ1v) is 8.56. The van der Waals surface area contributed by atoms with Crippen LogP contribution in [-0.4, -0.2) is 39.2 Å². The number of nitrogens with zero attached hydrogens (tertiary/aromatic N) is 3. The molecule has 3 rings (SSSR count). The van der Waals surface area contributed by atoms with Crippen LogP contribution < -0.4 is 5.32 Å². The minimum absolute atomic E-state index is 0.128. The molecule has 3 heterocycles. The standard InChI is InChI=1S/C17H16ClF3N4O2/c18-14-9-11(3-6-22-14)16(26)23-12-1-2-13(17(19,20)21)24-15(12)10-4-7-25(27)8-5-10/h1-3,6,9-10,27H,4-5,7-8H2,(H,23,26). The van der Waals surface area contributed by atoms with E-state index in [4.69, 9.17) is 11.6 Å². The van der Waals surface area contributed by atoms with Gasteiger partial charge in [0.1, 0.15) is 10.8 Å². The SMILES string of the molecule is O=C(Nc1ccc(C(F)(F)F)nc1C1CCN(O)CC1)c1ccnc(Cl)c1. The van der Waals surface area contributed by atoms with E-state index >= 15 is 0 Å². The lowest BCUT2D eigenvalue weighted by atomic mass is 9.92. The summed E-state index contributed by atoms with van der Waals surface area (Å²) in [6.07, 6.45) is -2.38. The summed E-state index contributed by atoms with van der Waals surface area (Å²) in [5, 5.41) is 13.3. The largest absolute Gasteiger partial charge is 0.433 e. The van der Waals surface area contributed by atoms with Crippen LogP contribution in [0, 0.1) is 0 Å². The Morgan fingerprint density at radius 2 is 1.96 bits per heavy atom. The summed E-state index contributed by atoms with van der Waals surface area (Å²) in [4.78, 5) is 20.0. The third-order valence-corrected chi connectivity index (χ3v) is 4.52. The van der Waals surface area contributed by atoms with Crippen LogP contribution in [0.2, 0.25) is 5.15 Å². The number of halogens is 4. The molecule has 10 heteroatoms. The third kappa shape index (κ3) is 4.74. The Bertz CT molecular complexity index is 839. The first kappa shape index (κ1) is 19.5. The van der Waals surface area contributed by atoms with Gasteiger partial charge in [-0.1, -0.05) is 11.6 Å². The number of hydroxylamine groups is 2. The zero-order valence-electron chi connectivity index (χ0n) is 14.0. The van der Waals surface area contributed by atoms with Crippen LogP contribution in [0.3, 0.4) is 0 Å². The minimum atomic E-state index is -4.59. The van der Waals surface area contributed by atoms with Gasteiger partial charge in [0.05, 0.1) is 11.4 Å². The van der Waals surface area contributed by atoms with E-state index in [1.165, 1.54) is 24.4 Å². The van der Waals surface area contributed by atoms with Crippen LogP contribution in [0.4, 0.5) is 18.9 Å². The topological polar surface area (TPSA) is 78.4 Å². The van der Waals surface area contributed by atoms with Gasteiger partial charge in [-0.3, -0.25) is 4.79 Å². The van der Waals surface area contributed by atoms with Gasteiger partial charge in [-0.05, 0) is 37.1 Å². The van der Waals surface area contributed by atoms with Crippen LogP contribution >= 0.6 is 11.6 Å². The van der Waals surface area contributed by atoms with Gasteiger partial charge in [-0.2, -0.15) is 18.2 Å². The maximum absolute atomic E-state index is 13.1. The third-order valence-electron chi connectivity index (χ3n) is 4.31. The quantitative estimate of drug-likeness (QED) is 0.762. The fourth-order valence-corrected chi connectivity index (χ4v) is 3.10. The van der Waals surface area contributed by atoms with Crippen LogP contribution in [0.5, 0.6) is 0 Å². The van der Waals surface area contributed by atoms with Gasteiger partial charge in [0.15, 0.2) is 0 Å². The number of alkyl halides is 3. The molecule has 0 radical (unpaired) electrons. The molecule has 0 bridgehead atoms. The predicted octanol–water partition coefficient (Wildman–Crippen LogP) is 3.97. The van der Waals surface area contributed by atoms with Gasteiger partial charge < -0.3 is 10.5 Å². The molecule has 1 saturated heterocycles. The number of piperidine rings is 1. The number of aromatic nitrogens is 2. The van der Waals surface area contributed by atoms with Crippen molar-refractivity contribution in [1.29, 1.82) is 0 Å². The Hall–Kier alpha value is -2.23. The fourth-order valence-electron chi connectivity index (χ4n) is 2.93. The number of carbonyl (C=O) groups excluding carboxylic acids is 1. The van der Waals surface area contributed by atoms with E-state index in [1.54, 1.807) is 0 Å². The van der Waals surface area contributed by atoms with Crippen molar-refractivity contribution in [3.05, 3.63) is 52.6 Å². The normalized spacial score (nSPS) is 16.3. The highest BCUT2D eigenvalue weighted by Crippen LogP contribution is 2.35. The molecule has 2 N–H and O–H groups in total. The number of carbonyl (C=O) groups is 1. The second-order valence-corrected chi connectivity index (χ2v) is 6.56. The summed E-state index contributed by atoms with van der Waals surface area (Å²) < 4.78 is 39.2. The molecule has 6 nitrogen and oxygen atoms in total. The average Bonchev–Trinajstić information content (AvgIpc) is 2.62. The number of hydrogen-bond acceptors (Lipinski definition) is 5. The van der Waals surface area contributed by atoms with E-state index < -0.39 is 17.8 Å². The Morgan fingerprint density at radius 1 is 1.26 bits per heavy atom. The van der Waals surface area contributed by atoms with E-state index in [1.807, 2.05) is 0 Å². The summed E-state index contributed by atoms with van der Waals surface area (Å²) in [5.41, 5.74) is -0.427. The van der Waals surface area contributed by atoms with E-state index in [9.17, 15) is 23.2 Å². The number of nitrogens with one attached hydrogen (secondary N) is 1. The number of rotatable bonds is 3. The molecule has 0 spiro atoms. The van der Waals surface area contributed by atoms with Crippen LogP contribution in [0.25, 0.3) is 0 Å². The smallest absolute Gasteiger partial charge is 0.320 e. The monoisotopic (exact) mass is 400 g/mol. The van der Waals surface area contributed by atoms with Crippen LogP contribution in [0.15, 0.2) is 30.5 Å². The summed E-state index contributed by atoms with van der Waals surface area (Å²) in [6, 6.07) is 4.85. The van der Waals surface area contributed by atoms with Crippen molar-refractivity contribution in [3.8, 4) is 0 Å². The average molecular weight is 401 g/mol. The molecule has 0 saturated carbocycles. The lowest BCUT2D eigenvalue weighted by molar-refractivity contribution is -0.141. The van der Waals surface area contributed by atoms with Gasteiger partial charge in [0, 0.05) is 30.8 Å². The van der Waals surface area contributed by atoms with Crippen molar-refractivity contribution in [2.45, 2.75) is 24.9 Å². The van der Waals surface area contributed by atoms with Crippen molar-refractivity contribution in [1.82, 2.24) is 15.0 Å². The van der Waals surface area contributed by atoms with E-state index in [0.29, 0.717) is 25.9 Å². The number of hydrogen-bond donors (Lipinski definition) is 2. The first-order chi connectivity index (χ1) is 12.7. The first-order valence-electron chi connectivity index (χ1n) is 8.19. The molecule has 1 aliphatic rings. The van der Waals surface area contributed by atoms with Crippen molar-refractivity contribution in [3.63, 3.8) is 0 Å². The zero-order chi connectivity index (χ0) is 19.6. The lowest BCUT2D eigenvalue weighted by Crippen LogP contribution is -2.31. The van der Waals surface area contributed by atoms with Crippen molar-refractivity contribution < 1.29 is 23.2 Å². The highest BCUT2D eigenvalue weighted by atomic mass is 35.5. The molecule has 0 atom stereocenters. The molecule has 1 aliphatic heterocycles. The minimum Gasteiger partial charge on any atom is -0.320 e. The van der Waals surface area contributed by atoms with Gasteiger partial charge in [-0.15, -0.1) is 0 Å². The number of amides is 1. The van der Waals surface area contributed by atoms with Gasteiger partial charge in [0.25, 0.3) is 5.91 Å².